The van der Waals surface area contributed by atoms with Crippen LogP contribution in [-0.4, -0.2) is 22.1 Å². The van der Waals surface area contributed by atoms with E-state index < -0.39 is 12.0 Å². The van der Waals surface area contributed by atoms with Gasteiger partial charge in [0, 0.05) is 10.9 Å². The normalized spacial score (nSPS) is 12.1. The van der Waals surface area contributed by atoms with Crippen molar-refractivity contribution in [1.82, 2.24) is 4.98 Å². The average Bonchev–Trinajstić information content (AvgIpc) is 2.78. The van der Waals surface area contributed by atoms with Gasteiger partial charge in [0.15, 0.2) is 5.13 Å². The zero-order valence-electron chi connectivity index (χ0n) is 9.25. The lowest BCUT2D eigenvalue weighted by molar-refractivity contribution is -0.123. The van der Waals surface area contributed by atoms with Crippen LogP contribution in [-0.2, 0) is 4.79 Å². The third kappa shape index (κ3) is 2.89. The first kappa shape index (κ1) is 11.8. The number of thiazole rings is 1. The van der Waals surface area contributed by atoms with E-state index in [9.17, 15) is 4.79 Å². The Morgan fingerprint density at radius 1 is 1.41 bits per heavy atom. The van der Waals surface area contributed by atoms with Gasteiger partial charge in [0.05, 0.1) is 5.69 Å². The van der Waals surface area contributed by atoms with E-state index in [2.05, 4.69) is 10.3 Å². The smallest absolute Gasteiger partial charge is 0.254 e. The lowest BCUT2D eigenvalue weighted by atomic mass is 10.2. The Balaban J connectivity index is 2.14. The molecule has 2 rings (SSSR count). The number of benzene rings is 1. The first-order valence-electron chi connectivity index (χ1n) is 5.16. The van der Waals surface area contributed by atoms with Gasteiger partial charge < -0.3 is 5.11 Å². The molecular formula is C12H12N2O2S. The number of aliphatic hydroxyl groups is 1. The Morgan fingerprint density at radius 2 is 2.12 bits per heavy atom. The number of carbonyl (C=O) groups excluding carboxylic acids is 1. The molecule has 1 amide bonds. The molecule has 1 heterocycles. The Kier molecular flexibility index (Phi) is 3.51. The van der Waals surface area contributed by atoms with E-state index in [1.807, 2.05) is 35.7 Å². The van der Waals surface area contributed by atoms with Gasteiger partial charge in [0.2, 0.25) is 0 Å². The molecule has 0 bridgehead atoms. The number of hydrogen-bond donors (Lipinski definition) is 2. The van der Waals surface area contributed by atoms with Crippen LogP contribution in [0.25, 0.3) is 11.3 Å². The molecule has 88 valence electrons. The van der Waals surface area contributed by atoms with E-state index in [1.165, 1.54) is 18.3 Å². The van der Waals surface area contributed by atoms with Crippen LogP contribution >= 0.6 is 11.3 Å². The summed E-state index contributed by atoms with van der Waals surface area (Å²) in [6.45, 7) is 1.42. The minimum atomic E-state index is -1.03. The van der Waals surface area contributed by atoms with E-state index >= 15 is 0 Å². The van der Waals surface area contributed by atoms with E-state index in [0.29, 0.717) is 5.13 Å². The van der Waals surface area contributed by atoms with Crippen LogP contribution in [0.15, 0.2) is 35.7 Å². The summed E-state index contributed by atoms with van der Waals surface area (Å²) in [7, 11) is 0. The number of aliphatic hydroxyl groups excluding tert-OH is 1. The molecule has 0 saturated heterocycles. The zero-order chi connectivity index (χ0) is 12.3. The zero-order valence-corrected chi connectivity index (χ0v) is 10.1. The number of nitrogens with one attached hydrogen (secondary N) is 1. The van der Waals surface area contributed by atoms with Crippen LogP contribution in [0.1, 0.15) is 6.92 Å². The SMILES string of the molecule is CC(O)C(=O)Nc1nc(-c2ccccc2)cs1. The fourth-order valence-corrected chi connectivity index (χ4v) is 2.01. The monoisotopic (exact) mass is 248 g/mol. The molecule has 0 radical (unpaired) electrons. The molecule has 1 unspecified atom stereocenters. The Hall–Kier alpha value is -1.72. The number of anilines is 1. The second-order valence-electron chi connectivity index (χ2n) is 3.57. The maximum atomic E-state index is 11.3. The Morgan fingerprint density at radius 3 is 2.76 bits per heavy atom. The number of amides is 1. The number of nitrogens with zero attached hydrogens (tertiary/aromatic N) is 1. The number of aromatic nitrogens is 1. The van der Waals surface area contributed by atoms with Crippen molar-refractivity contribution in [3.8, 4) is 11.3 Å². The topological polar surface area (TPSA) is 62.2 Å². The quantitative estimate of drug-likeness (QED) is 0.874. The average molecular weight is 248 g/mol. The molecule has 5 heteroatoms. The lowest BCUT2D eigenvalue weighted by Gasteiger charge is -2.02. The highest BCUT2D eigenvalue weighted by atomic mass is 32.1. The number of rotatable bonds is 3. The summed E-state index contributed by atoms with van der Waals surface area (Å²) in [4.78, 5) is 15.5. The van der Waals surface area contributed by atoms with Crippen molar-refractivity contribution in [2.45, 2.75) is 13.0 Å². The van der Waals surface area contributed by atoms with Crippen molar-refractivity contribution >= 4 is 22.4 Å². The van der Waals surface area contributed by atoms with Gasteiger partial charge >= 0.3 is 0 Å². The highest BCUT2D eigenvalue weighted by Crippen LogP contribution is 2.24. The van der Waals surface area contributed by atoms with Gasteiger partial charge in [-0.3, -0.25) is 10.1 Å². The van der Waals surface area contributed by atoms with Crippen molar-refractivity contribution in [3.05, 3.63) is 35.7 Å². The standard InChI is InChI=1S/C12H12N2O2S/c1-8(15)11(16)14-12-13-10(7-17-12)9-5-3-2-4-6-9/h2-8,15H,1H3,(H,13,14,16). The minimum absolute atomic E-state index is 0.445. The van der Waals surface area contributed by atoms with Gasteiger partial charge in [0.1, 0.15) is 6.10 Å². The molecule has 0 fully saturated rings. The molecule has 4 nitrogen and oxygen atoms in total. The summed E-state index contributed by atoms with van der Waals surface area (Å²) in [5.41, 5.74) is 1.82. The van der Waals surface area contributed by atoms with Gasteiger partial charge in [-0.25, -0.2) is 4.98 Å². The molecule has 17 heavy (non-hydrogen) atoms. The molecule has 0 aliphatic rings. The van der Waals surface area contributed by atoms with E-state index in [0.717, 1.165) is 11.3 Å². The predicted molar refractivity (Wildman–Crippen MR) is 67.9 cm³/mol. The number of carbonyl (C=O) groups is 1. The molecule has 2 N–H and O–H groups in total. The summed E-state index contributed by atoms with van der Waals surface area (Å²) in [6.07, 6.45) is -1.03. The molecule has 0 saturated carbocycles. The minimum Gasteiger partial charge on any atom is -0.384 e. The van der Waals surface area contributed by atoms with E-state index in [-0.39, 0.29) is 0 Å². The van der Waals surface area contributed by atoms with Crippen LogP contribution < -0.4 is 5.32 Å². The molecule has 1 atom stereocenters. The summed E-state index contributed by atoms with van der Waals surface area (Å²) >= 11 is 1.34. The summed E-state index contributed by atoms with van der Waals surface area (Å²) < 4.78 is 0. The van der Waals surface area contributed by atoms with Crippen molar-refractivity contribution in [2.24, 2.45) is 0 Å². The van der Waals surface area contributed by atoms with Crippen molar-refractivity contribution in [1.29, 1.82) is 0 Å². The maximum Gasteiger partial charge on any atom is 0.254 e. The fraction of sp³-hybridized carbons (Fsp3) is 0.167. The maximum absolute atomic E-state index is 11.3. The van der Waals surface area contributed by atoms with Crippen LogP contribution in [0.4, 0.5) is 5.13 Å². The fourth-order valence-electron chi connectivity index (χ4n) is 1.28. The lowest BCUT2D eigenvalue weighted by Crippen LogP contribution is -2.24. The largest absolute Gasteiger partial charge is 0.384 e. The molecule has 1 aromatic heterocycles. The molecular weight excluding hydrogens is 236 g/mol. The third-order valence-electron chi connectivity index (χ3n) is 2.18. The molecule has 0 aliphatic heterocycles. The van der Waals surface area contributed by atoms with Crippen LogP contribution in [0.2, 0.25) is 0 Å². The van der Waals surface area contributed by atoms with Crippen LogP contribution in [0.5, 0.6) is 0 Å². The van der Waals surface area contributed by atoms with Gasteiger partial charge in [-0.2, -0.15) is 0 Å². The second-order valence-corrected chi connectivity index (χ2v) is 4.43. The van der Waals surface area contributed by atoms with Crippen LogP contribution in [0, 0.1) is 0 Å². The summed E-state index contributed by atoms with van der Waals surface area (Å²) in [5.74, 6) is -0.445. The van der Waals surface area contributed by atoms with Crippen molar-refractivity contribution in [3.63, 3.8) is 0 Å². The first-order valence-corrected chi connectivity index (χ1v) is 6.04. The Labute approximate surface area is 103 Å². The predicted octanol–water partition coefficient (Wildman–Crippen LogP) is 2.13. The number of hydrogen-bond acceptors (Lipinski definition) is 4. The van der Waals surface area contributed by atoms with Crippen molar-refractivity contribution < 1.29 is 9.90 Å². The van der Waals surface area contributed by atoms with Gasteiger partial charge in [-0.1, -0.05) is 30.3 Å². The second kappa shape index (κ2) is 5.07. The summed E-state index contributed by atoms with van der Waals surface area (Å²) in [6, 6.07) is 9.71. The van der Waals surface area contributed by atoms with Gasteiger partial charge in [0.25, 0.3) is 5.91 Å². The summed E-state index contributed by atoms with van der Waals surface area (Å²) in [5, 5.41) is 14.0. The van der Waals surface area contributed by atoms with Crippen molar-refractivity contribution in [2.75, 3.05) is 5.32 Å². The molecule has 0 spiro atoms. The van der Waals surface area contributed by atoms with E-state index in [4.69, 9.17) is 5.11 Å². The van der Waals surface area contributed by atoms with E-state index in [1.54, 1.807) is 0 Å². The Bertz CT molecular complexity index is 508. The third-order valence-corrected chi connectivity index (χ3v) is 2.94. The van der Waals surface area contributed by atoms with Crippen LogP contribution in [0.3, 0.4) is 0 Å². The van der Waals surface area contributed by atoms with Gasteiger partial charge in [-0.05, 0) is 6.92 Å². The molecule has 0 aliphatic carbocycles. The molecule has 2 aromatic rings. The highest BCUT2D eigenvalue weighted by molar-refractivity contribution is 7.14. The highest BCUT2D eigenvalue weighted by Gasteiger charge is 2.11. The van der Waals surface area contributed by atoms with Gasteiger partial charge in [-0.15, -0.1) is 11.3 Å². The first-order chi connectivity index (χ1) is 8.16. The molecule has 1 aromatic carbocycles.